The number of halogens is 7. The van der Waals surface area contributed by atoms with Crippen LogP contribution in [0.25, 0.3) is 5.76 Å². The van der Waals surface area contributed by atoms with Gasteiger partial charge in [0, 0.05) is 11.6 Å². The lowest BCUT2D eigenvalue weighted by Gasteiger charge is -2.16. The average Bonchev–Trinajstić information content (AvgIpc) is 2.26. The second kappa shape index (κ2) is 5.51. The third kappa shape index (κ3) is 3.49. The van der Waals surface area contributed by atoms with E-state index in [0.717, 1.165) is 0 Å². The van der Waals surface area contributed by atoms with Crippen LogP contribution in [0.1, 0.15) is 11.1 Å². The molecule has 9 heteroatoms. The van der Waals surface area contributed by atoms with Gasteiger partial charge in [0.2, 0.25) is 5.78 Å². The maximum absolute atomic E-state index is 13.2. The first kappa shape index (κ1) is 16.0. The largest absolute Gasteiger partial charge is 0.872 e. The van der Waals surface area contributed by atoms with E-state index in [0.29, 0.717) is 0 Å². The summed E-state index contributed by atoms with van der Waals surface area (Å²) in [6.07, 6.45) is -9.02. The summed E-state index contributed by atoms with van der Waals surface area (Å²) in [5, 5.41) is 11.2. The van der Waals surface area contributed by atoms with Crippen LogP contribution in [0.5, 0.6) is 0 Å². The van der Waals surface area contributed by atoms with Crippen molar-refractivity contribution in [3.05, 3.63) is 41.0 Å². The van der Waals surface area contributed by atoms with E-state index < -0.39 is 46.9 Å². The predicted molar refractivity (Wildman–Crippen MR) is 50.3 cm³/mol. The van der Waals surface area contributed by atoms with Crippen LogP contribution in [-0.4, -0.2) is 12.2 Å². The van der Waals surface area contributed by atoms with Crippen molar-refractivity contribution in [2.45, 2.75) is 12.6 Å². The first-order valence-corrected chi connectivity index (χ1v) is 4.81. The van der Waals surface area contributed by atoms with Crippen molar-refractivity contribution >= 4 is 11.5 Å². The Balaban J connectivity index is 3.36. The van der Waals surface area contributed by atoms with Gasteiger partial charge in [-0.1, -0.05) is 5.76 Å². The van der Waals surface area contributed by atoms with Crippen molar-refractivity contribution in [1.82, 2.24) is 0 Å². The highest BCUT2D eigenvalue weighted by Crippen LogP contribution is 2.33. The topological polar surface area (TPSA) is 40.1 Å². The highest BCUT2D eigenvalue weighted by Gasteiger charge is 2.35. The zero-order valence-electron chi connectivity index (χ0n) is 9.27. The van der Waals surface area contributed by atoms with Gasteiger partial charge >= 0.3 is 6.18 Å². The highest BCUT2D eigenvalue weighted by molar-refractivity contribution is 5.97. The molecule has 0 aliphatic heterocycles. The van der Waals surface area contributed by atoms with Gasteiger partial charge in [0.1, 0.15) is 11.6 Å². The number of carbonyl (C=O) groups excluding carboxylic acids is 1. The fourth-order valence-electron chi connectivity index (χ4n) is 1.22. The van der Waals surface area contributed by atoms with Crippen LogP contribution in [0.15, 0.2) is 18.2 Å². The Morgan fingerprint density at radius 3 is 2.15 bits per heavy atom. The fourth-order valence-corrected chi connectivity index (χ4v) is 1.22. The molecule has 2 nitrogen and oxygen atoms in total. The molecule has 1 aromatic rings. The van der Waals surface area contributed by atoms with E-state index in [1.54, 1.807) is 0 Å². The fraction of sp³-hybridized carbons (Fsp3) is 0.182. The summed E-state index contributed by atoms with van der Waals surface area (Å²) in [7, 11) is 0. The molecule has 0 radical (unpaired) electrons. The number of hydrogen-bond acceptors (Lipinski definition) is 2. The first-order valence-electron chi connectivity index (χ1n) is 4.81. The Labute approximate surface area is 107 Å². The zero-order chi connectivity index (χ0) is 15.7. The second-order valence-electron chi connectivity index (χ2n) is 3.52. The summed E-state index contributed by atoms with van der Waals surface area (Å²) in [6.45, 7) is 0. The molecule has 0 heterocycles. The number of benzene rings is 1. The molecule has 0 aliphatic rings. The average molecular weight is 301 g/mol. The highest BCUT2D eigenvalue weighted by atomic mass is 19.4. The summed E-state index contributed by atoms with van der Waals surface area (Å²) in [5.74, 6) is -7.36. The molecular weight excluding hydrogens is 297 g/mol. The summed E-state index contributed by atoms with van der Waals surface area (Å²) in [4.78, 5) is 10.5. The Morgan fingerprint density at radius 2 is 1.70 bits per heavy atom. The minimum atomic E-state index is -5.21. The smallest absolute Gasteiger partial charge is 0.419 e. The van der Waals surface area contributed by atoms with Gasteiger partial charge in [-0.2, -0.15) is 13.2 Å². The Hall–Kier alpha value is -2.06. The molecule has 0 N–H and O–H groups in total. The third-order valence-electron chi connectivity index (χ3n) is 2.12. The van der Waals surface area contributed by atoms with Crippen LogP contribution in [0, 0.1) is 11.6 Å². The van der Waals surface area contributed by atoms with Gasteiger partial charge < -0.3 is 5.11 Å². The van der Waals surface area contributed by atoms with Gasteiger partial charge in [0.15, 0.2) is 0 Å². The van der Waals surface area contributed by atoms with Gasteiger partial charge in [-0.3, -0.25) is 4.79 Å². The van der Waals surface area contributed by atoms with Crippen molar-refractivity contribution in [3.8, 4) is 0 Å². The quantitative estimate of drug-likeness (QED) is 0.489. The molecule has 0 unspecified atom stereocenters. The van der Waals surface area contributed by atoms with Gasteiger partial charge in [-0.25, -0.2) is 17.6 Å². The van der Waals surface area contributed by atoms with Crippen LogP contribution in [0.3, 0.4) is 0 Å². The minimum Gasteiger partial charge on any atom is -0.872 e. The van der Waals surface area contributed by atoms with Crippen molar-refractivity contribution < 1.29 is 40.6 Å². The second-order valence-corrected chi connectivity index (χ2v) is 3.52. The normalized spacial score (nSPS) is 12.9. The standard InChI is InChI=1S/C11H5F7O2/c12-6-2-7(13)5(11(16,17)18)1-4(6)8(19)3-9(20)10(14)15/h1-3,10,19H/p-1/b8-3-. The molecule has 1 rings (SSSR count). The van der Waals surface area contributed by atoms with E-state index >= 15 is 0 Å². The zero-order valence-corrected chi connectivity index (χ0v) is 9.27. The van der Waals surface area contributed by atoms with E-state index in [-0.39, 0.29) is 18.2 Å². The van der Waals surface area contributed by atoms with Crippen molar-refractivity contribution in [2.24, 2.45) is 0 Å². The van der Waals surface area contributed by atoms with Crippen molar-refractivity contribution in [3.63, 3.8) is 0 Å². The van der Waals surface area contributed by atoms with E-state index in [9.17, 15) is 40.6 Å². The summed E-state index contributed by atoms with van der Waals surface area (Å²) in [6, 6.07) is -0.390. The van der Waals surface area contributed by atoms with E-state index in [2.05, 4.69) is 0 Å². The summed E-state index contributed by atoms with van der Waals surface area (Å²) >= 11 is 0. The van der Waals surface area contributed by atoms with Crippen molar-refractivity contribution in [2.75, 3.05) is 0 Å². The number of rotatable bonds is 3. The molecule has 0 spiro atoms. The molecule has 0 fully saturated rings. The van der Waals surface area contributed by atoms with E-state index in [1.807, 2.05) is 0 Å². The molecule has 0 aliphatic carbocycles. The molecule has 0 aromatic heterocycles. The number of hydrogen-bond donors (Lipinski definition) is 0. The van der Waals surface area contributed by atoms with Crippen LogP contribution in [0.4, 0.5) is 30.7 Å². The van der Waals surface area contributed by atoms with Gasteiger partial charge in [0.25, 0.3) is 6.43 Å². The molecule has 0 saturated carbocycles. The van der Waals surface area contributed by atoms with E-state index in [4.69, 9.17) is 0 Å². The number of alkyl halides is 5. The lowest BCUT2D eigenvalue weighted by molar-refractivity contribution is -0.244. The van der Waals surface area contributed by atoms with Gasteiger partial charge in [0.05, 0.1) is 5.56 Å². The molecular formula is C11H4F7O2-. The van der Waals surface area contributed by atoms with Crippen LogP contribution >= 0.6 is 0 Å². The summed E-state index contributed by atoms with van der Waals surface area (Å²) in [5.41, 5.74) is -3.27. The number of allylic oxidation sites excluding steroid dienone is 1. The molecule has 0 saturated heterocycles. The maximum atomic E-state index is 13.2. The lowest BCUT2D eigenvalue weighted by atomic mass is 10.1. The Bertz CT molecular complexity index is 561. The third-order valence-corrected chi connectivity index (χ3v) is 2.12. The number of carbonyl (C=O) groups is 1. The summed E-state index contributed by atoms with van der Waals surface area (Å²) < 4.78 is 86.9. The lowest BCUT2D eigenvalue weighted by Crippen LogP contribution is -2.15. The first-order chi connectivity index (χ1) is 9.04. The predicted octanol–water partition coefficient (Wildman–Crippen LogP) is 2.52. The van der Waals surface area contributed by atoms with Gasteiger partial charge in [-0.05, 0) is 12.1 Å². The van der Waals surface area contributed by atoms with Crippen LogP contribution in [0.2, 0.25) is 0 Å². The number of ketones is 1. The molecule has 0 atom stereocenters. The molecule has 0 amide bonds. The van der Waals surface area contributed by atoms with E-state index in [1.165, 1.54) is 0 Å². The Kier molecular flexibility index (Phi) is 4.41. The molecule has 1 aromatic carbocycles. The monoisotopic (exact) mass is 301 g/mol. The van der Waals surface area contributed by atoms with Gasteiger partial charge in [-0.15, -0.1) is 0 Å². The minimum absolute atomic E-state index is 0.178. The van der Waals surface area contributed by atoms with Crippen LogP contribution < -0.4 is 5.11 Å². The SMILES string of the molecule is O=C(/C=C(\[O-])c1cc(C(F)(F)F)c(F)cc1F)C(F)F. The van der Waals surface area contributed by atoms with Crippen molar-refractivity contribution in [1.29, 1.82) is 0 Å². The maximum Gasteiger partial charge on any atom is 0.419 e. The Morgan fingerprint density at radius 1 is 1.15 bits per heavy atom. The van der Waals surface area contributed by atoms with Crippen LogP contribution in [-0.2, 0) is 11.0 Å². The molecule has 0 bridgehead atoms. The molecule has 20 heavy (non-hydrogen) atoms. The molecule has 110 valence electrons.